The normalized spacial score (nSPS) is 17.4. The Kier molecular flexibility index (Phi) is 4.44. The molecule has 1 saturated heterocycles. The van der Waals surface area contributed by atoms with Gasteiger partial charge in [-0.2, -0.15) is 4.98 Å². The number of piperazine rings is 1. The fourth-order valence-corrected chi connectivity index (χ4v) is 3.07. The average Bonchev–Trinajstić information content (AvgIpc) is 3.08. The smallest absolute Gasteiger partial charge is 0.263 e. The molecule has 0 radical (unpaired) electrons. The molecule has 0 saturated carbocycles. The molecule has 1 aliphatic heterocycles. The summed E-state index contributed by atoms with van der Waals surface area (Å²) in [5.41, 5.74) is 2.03. The van der Waals surface area contributed by atoms with Gasteiger partial charge in [-0.1, -0.05) is 11.2 Å². The van der Waals surface area contributed by atoms with Crippen LogP contribution in [0.3, 0.4) is 0 Å². The van der Waals surface area contributed by atoms with Crippen LogP contribution in [0, 0.1) is 6.92 Å². The molecule has 0 aliphatic carbocycles. The lowest BCUT2D eigenvalue weighted by Gasteiger charge is -2.33. The minimum Gasteiger partial charge on any atom is -0.352 e. The van der Waals surface area contributed by atoms with Gasteiger partial charge in [0, 0.05) is 25.8 Å². The number of anilines is 1. The number of hydrogen-bond donors (Lipinski definition) is 2. The fraction of sp³-hybridized carbons (Fsp3) is 0.353. The molecule has 0 spiro atoms. The van der Waals surface area contributed by atoms with Crippen molar-refractivity contribution >= 4 is 22.8 Å². The van der Waals surface area contributed by atoms with Crippen LogP contribution in [0.15, 0.2) is 35.2 Å². The second kappa shape index (κ2) is 7.04. The van der Waals surface area contributed by atoms with Crippen molar-refractivity contribution < 1.29 is 9.32 Å². The first-order valence-corrected chi connectivity index (χ1v) is 8.45. The van der Waals surface area contributed by atoms with Gasteiger partial charge in [0.2, 0.25) is 5.91 Å². The third-order valence-corrected chi connectivity index (χ3v) is 4.38. The number of carbonyl (C=O) groups is 1. The first-order valence-electron chi connectivity index (χ1n) is 8.45. The van der Waals surface area contributed by atoms with E-state index < -0.39 is 0 Å². The molecule has 1 aliphatic rings. The van der Waals surface area contributed by atoms with E-state index in [2.05, 4.69) is 35.6 Å². The van der Waals surface area contributed by atoms with Crippen molar-refractivity contribution in [3.8, 4) is 0 Å². The Labute approximate surface area is 149 Å². The monoisotopic (exact) mass is 353 g/mol. The van der Waals surface area contributed by atoms with Gasteiger partial charge in [-0.3, -0.25) is 9.78 Å². The maximum absolute atomic E-state index is 12.5. The lowest BCUT2D eigenvalue weighted by atomic mass is 10.1. The lowest BCUT2D eigenvalue weighted by molar-refractivity contribution is -0.123. The average molecular weight is 353 g/mol. The van der Waals surface area contributed by atoms with Gasteiger partial charge < -0.3 is 20.1 Å². The van der Waals surface area contributed by atoms with Crippen molar-refractivity contribution in [1.29, 1.82) is 0 Å². The van der Waals surface area contributed by atoms with E-state index in [1.165, 1.54) is 6.33 Å². The second-order valence-corrected chi connectivity index (χ2v) is 6.14. The molecule has 1 amide bonds. The summed E-state index contributed by atoms with van der Waals surface area (Å²) in [5, 5.41) is 10.9. The Bertz CT molecular complexity index is 912. The summed E-state index contributed by atoms with van der Waals surface area (Å²) >= 11 is 0. The number of rotatable bonds is 4. The van der Waals surface area contributed by atoms with E-state index in [1.807, 2.05) is 25.1 Å². The maximum atomic E-state index is 12.5. The third-order valence-electron chi connectivity index (χ3n) is 4.38. The molecule has 9 nitrogen and oxygen atoms in total. The number of nitrogens with zero attached hydrogens (tertiary/aromatic N) is 5. The van der Waals surface area contributed by atoms with Gasteiger partial charge in [-0.05, 0) is 19.1 Å². The topological polar surface area (TPSA) is 109 Å². The molecule has 3 aromatic rings. The predicted octanol–water partition coefficient (Wildman–Crippen LogP) is 0.416. The summed E-state index contributed by atoms with van der Waals surface area (Å²) in [7, 11) is 0. The van der Waals surface area contributed by atoms with Crippen LogP contribution in [0.1, 0.15) is 11.4 Å². The minimum atomic E-state index is -0.336. The van der Waals surface area contributed by atoms with Crippen LogP contribution in [0.4, 0.5) is 5.82 Å². The van der Waals surface area contributed by atoms with Crippen LogP contribution in [0.5, 0.6) is 0 Å². The molecule has 1 atom stereocenters. The number of aromatic nitrogens is 4. The highest BCUT2D eigenvalue weighted by Gasteiger charge is 2.28. The van der Waals surface area contributed by atoms with E-state index in [0.29, 0.717) is 25.3 Å². The van der Waals surface area contributed by atoms with Crippen molar-refractivity contribution in [1.82, 2.24) is 30.7 Å². The first kappa shape index (κ1) is 16.4. The number of carbonyl (C=O) groups excluding carboxylic acids is 1. The van der Waals surface area contributed by atoms with Gasteiger partial charge in [0.05, 0.1) is 17.9 Å². The highest BCUT2D eigenvalue weighted by atomic mass is 16.5. The number of pyridine rings is 1. The molecule has 4 rings (SSSR count). The molecule has 4 heterocycles. The largest absolute Gasteiger partial charge is 0.352 e. The lowest BCUT2D eigenvalue weighted by Crippen LogP contribution is -2.57. The van der Waals surface area contributed by atoms with Gasteiger partial charge >= 0.3 is 0 Å². The van der Waals surface area contributed by atoms with Crippen molar-refractivity contribution in [2.24, 2.45) is 0 Å². The minimum absolute atomic E-state index is 0.0623. The summed E-state index contributed by atoms with van der Waals surface area (Å²) in [6, 6.07) is 5.29. The molecular formula is C17H19N7O2. The second-order valence-electron chi connectivity index (χ2n) is 6.14. The number of fused-ring (bicyclic) bond motifs is 1. The number of hydrogen-bond acceptors (Lipinski definition) is 8. The van der Waals surface area contributed by atoms with E-state index in [9.17, 15) is 4.79 Å². The molecule has 1 fully saturated rings. The quantitative estimate of drug-likeness (QED) is 0.694. The highest BCUT2D eigenvalue weighted by molar-refractivity contribution is 5.89. The zero-order valence-electron chi connectivity index (χ0n) is 14.3. The molecule has 3 aromatic heterocycles. The number of aryl methyl sites for hydroxylation is 1. The summed E-state index contributed by atoms with van der Waals surface area (Å²) in [5.74, 6) is 0.686. The zero-order chi connectivity index (χ0) is 17.9. The van der Waals surface area contributed by atoms with Crippen LogP contribution in [0.25, 0.3) is 11.1 Å². The Hall–Kier alpha value is -3.07. The van der Waals surface area contributed by atoms with Crippen LogP contribution in [-0.2, 0) is 11.3 Å². The number of nitrogens with one attached hydrogen (secondary N) is 2. The molecule has 0 aromatic carbocycles. The van der Waals surface area contributed by atoms with Crippen molar-refractivity contribution in [3.63, 3.8) is 0 Å². The van der Waals surface area contributed by atoms with Gasteiger partial charge in [0.1, 0.15) is 23.6 Å². The van der Waals surface area contributed by atoms with Crippen LogP contribution < -0.4 is 15.5 Å². The molecular weight excluding hydrogens is 334 g/mol. The van der Waals surface area contributed by atoms with E-state index in [4.69, 9.17) is 4.52 Å². The van der Waals surface area contributed by atoms with Crippen molar-refractivity contribution in [3.05, 3.63) is 42.1 Å². The molecule has 26 heavy (non-hydrogen) atoms. The van der Waals surface area contributed by atoms with Crippen LogP contribution in [0.2, 0.25) is 0 Å². The Morgan fingerprint density at radius 1 is 1.38 bits per heavy atom. The van der Waals surface area contributed by atoms with E-state index in [-0.39, 0.29) is 11.9 Å². The molecule has 9 heteroatoms. The van der Waals surface area contributed by atoms with Crippen LogP contribution in [-0.4, -0.2) is 51.7 Å². The van der Waals surface area contributed by atoms with Gasteiger partial charge in [-0.15, -0.1) is 0 Å². The van der Waals surface area contributed by atoms with Crippen molar-refractivity contribution in [2.45, 2.75) is 19.5 Å². The molecule has 0 bridgehead atoms. The molecule has 134 valence electrons. The van der Waals surface area contributed by atoms with E-state index in [0.717, 1.165) is 29.1 Å². The van der Waals surface area contributed by atoms with Crippen molar-refractivity contribution in [2.75, 3.05) is 24.5 Å². The maximum Gasteiger partial charge on any atom is 0.263 e. The molecule has 2 N–H and O–H groups in total. The third kappa shape index (κ3) is 3.21. The highest BCUT2D eigenvalue weighted by Crippen LogP contribution is 2.26. The van der Waals surface area contributed by atoms with Gasteiger partial charge in [0.25, 0.3) is 5.71 Å². The predicted molar refractivity (Wildman–Crippen MR) is 94.4 cm³/mol. The summed E-state index contributed by atoms with van der Waals surface area (Å²) in [6.45, 7) is 4.18. The van der Waals surface area contributed by atoms with Gasteiger partial charge in [0.15, 0.2) is 0 Å². The summed E-state index contributed by atoms with van der Waals surface area (Å²) < 4.78 is 5.21. The van der Waals surface area contributed by atoms with E-state index >= 15 is 0 Å². The van der Waals surface area contributed by atoms with Gasteiger partial charge in [-0.25, -0.2) is 4.98 Å². The Morgan fingerprint density at radius 2 is 2.31 bits per heavy atom. The fourth-order valence-electron chi connectivity index (χ4n) is 3.07. The summed E-state index contributed by atoms with van der Waals surface area (Å²) in [4.78, 5) is 27.3. The first-order chi connectivity index (χ1) is 12.7. The Morgan fingerprint density at radius 3 is 3.15 bits per heavy atom. The summed E-state index contributed by atoms with van der Waals surface area (Å²) in [6.07, 6.45) is 3.17. The molecule has 0 unspecified atom stereocenters. The SMILES string of the molecule is Cc1noc2ncnc(N3CCN[C@@H](C(=O)NCc4ccccn4)C3)c12. The number of amides is 1. The standard InChI is InChI=1S/C17H19N7O2/c1-11-14-15(21-10-22-17(14)26-23-11)24-7-6-19-13(9-24)16(25)20-8-12-4-2-3-5-18-12/h2-5,10,13,19H,6-9H2,1H3,(H,20,25)/t13-/m1/s1. The van der Waals surface area contributed by atoms with Crippen LogP contribution >= 0.6 is 0 Å². The Balaban J connectivity index is 1.47. The van der Waals surface area contributed by atoms with E-state index in [1.54, 1.807) is 6.20 Å². The zero-order valence-corrected chi connectivity index (χ0v) is 14.3.